The first-order valence-electron chi connectivity index (χ1n) is 6.73. The quantitative estimate of drug-likeness (QED) is 0.605. The van der Waals surface area contributed by atoms with Crippen LogP contribution in [0, 0.1) is 0 Å². The number of aryl methyl sites for hydroxylation is 1. The summed E-state index contributed by atoms with van der Waals surface area (Å²) < 4.78 is 0. The summed E-state index contributed by atoms with van der Waals surface area (Å²) in [6.45, 7) is 2.20. The van der Waals surface area contributed by atoms with Gasteiger partial charge in [0.25, 0.3) is 0 Å². The molecule has 2 aromatic rings. The molecule has 0 unspecified atom stereocenters. The standard InChI is InChI=1S/C17H19NO/c1-2-3-4-14-5-7-15(8-6-14)9-10-17(19)16-11-12-18-13-16/h5-13,18H,2-4H2,1H3/b10-9+. The highest BCUT2D eigenvalue weighted by Crippen LogP contribution is 2.10. The van der Waals surface area contributed by atoms with Crippen molar-refractivity contribution in [1.29, 1.82) is 0 Å². The van der Waals surface area contributed by atoms with Crippen LogP contribution >= 0.6 is 0 Å². The maximum Gasteiger partial charge on any atom is 0.187 e. The molecule has 0 radical (unpaired) electrons. The van der Waals surface area contributed by atoms with Gasteiger partial charge in [-0.2, -0.15) is 0 Å². The molecule has 0 amide bonds. The van der Waals surface area contributed by atoms with Gasteiger partial charge in [-0.1, -0.05) is 43.7 Å². The van der Waals surface area contributed by atoms with Gasteiger partial charge >= 0.3 is 0 Å². The number of rotatable bonds is 6. The fourth-order valence-corrected chi connectivity index (χ4v) is 1.92. The van der Waals surface area contributed by atoms with Crippen LogP contribution in [-0.2, 0) is 6.42 Å². The number of carbonyl (C=O) groups is 1. The van der Waals surface area contributed by atoms with E-state index < -0.39 is 0 Å². The van der Waals surface area contributed by atoms with E-state index in [2.05, 4.69) is 36.2 Å². The zero-order valence-electron chi connectivity index (χ0n) is 11.2. The number of H-pyrrole nitrogens is 1. The lowest BCUT2D eigenvalue weighted by molar-refractivity contribution is 0.104. The Morgan fingerprint density at radius 1 is 1.21 bits per heavy atom. The minimum absolute atomic E-state index is 0.0244. The molecule has 0 bridgehead atoms. The Kier molecular flexibility index (Phi) is 4.73. The Bertz CT molecular complexity index is 535. The van der Waals surface area contributed by atoms with Crippen molar-refractivity contribution in [3.63, 3.8) is 0 Å². The van der Waals surface area contributed by atoms with Crippen LogP contribution in [0.15, 0.2) is 48.8 Å². The molecule has 2 nitrogen and oxygen atoms in total. The van der Waals surface area contributed by atoms with Crippen molar-refractivity contribution >= 4 is 11.9 Å². The van der Waals surface area contributed by atoms with E-state index in [0.29, 0.717) is 5.56 Å². The number of carbonyl (C=O) groups excluding carboxylic acids is 1. The topological polar surface area (TPSA) is 32.9 Å². The summed E-state index contributed by atoms with van der Waals surface area (Å²) in [4.78, 5) is 14.7. The second-order valence-electron chi connectivity index (χ2n) is 4.64. The number of nitrogens with one attached hydrogen (secondary N) is 1. The van der Waals surface area contributed by atoms with Crippen LogP contribution in [0.2, 0.25) is 0 Å². The van der Waals surface area contributed by atoms with E-state index in [0.717, 1.165) is 12.0 Å². The van der Waals surface area contributed by atoms with Crippen LogP contribution in [0.25, 0.3) is 6.08 Å². The van der Waals surface area contributed by atoms with Crippen LogP contribution in [0.1, 0.15) is 41.3 Å². The van der Waals surface area contributed by atoms with Gasteiger partial charge in [0.05, 0.1) is 0 Å². The second-order valence-corrected chi connectivity index (χ2v) is 4.64. The Balaban J connectivity index is 1.97. The van der Waals surface area contributed by atoms with Gasteiger partial charge in [-0.05, 0) is 36.1 Å². The zero-order valence-corrected chi connectivity index (χ0v) is 11.2. The van der Waals surface area contributed by atoms with Crippen LogP contribution in [0.5, 0.6) is 0 Å². The van der Waals surface area contributed by atoms with Crippen molar-refractivity contribution in [2.75, 3.05) is 0 Å². The highest BCUT2D eigenvalue weighted by molar-refractivity contribution is 6.06. The number of allylic oxidation sites excluding steroid dienone is 1. The number of ketones is 1. The highest BCUT2D eigenvalue weighted by atomic mass is 16.1. The summed E-state index contributed by atoms with van der Waals surface area (Å²) in [5.41, 5.74) is 3.11. The van der Waals surface area contributed by atoms with Gasteiger partial charge < -0.3 is 4.98 Å². The fourth-order valence-electron chi connectivity index (χ4n) is 1.92. The average molecular weight is 253 g/mol. The van der Waals surface area contributed by atoms with Gasteiger partial charge in [-0.3, -0.25) is 4.79 Å². The summed E-state index contributed by atoms with van der Waals surface area (Å²) in [5.74, 6) is 0.0244. The Morgan fingerprint density at radius 3 is 2.63 bits per heavy atom. The van der Waals surface area contributed by atoms with Gasteiger partial charge in [-0.25, -0.2) is 0 Å². The average Bonchev–Trinajstić information content (AvgIpc) is 2.98. The molecule has 0 aliphatic heterocycles. The summed E-state index contributed by atoms with van der Waals surface area (Å²) in [5, 5.41) is 0. The highest BCUT2D eigenvalue weighted by Gasteiger charge is 2.00. The molecule has 0 aliphatic carbocycles. The molecule has 1 aromatic carbocycles. The lowest BCUT2D eigenvalue weighted by Crippen LogP contribution is -1.90. The first kappa shape index (κ1) is 13.3. The van der Waals surface area contributed by atoms with Crippen LogP contribution in [0.4, 0.5) is 0 Å². The molecule has 1 N–H and O–H groups in total. The van der Waals surface area contributed by atoms with Crippen LogP contribution < -0.4 is 0 Å². The SMILES string of the molecule is CCCCc1ccc(/C=C/C(=O)c2cc[nH]c2)cc1. The van der Waals surface area contributed by atoms with Crippen LogP contribution in [-0.4, -0.2) is 10.8 Å². The van der Waals surface area contributed by atoms with Crippen LogP contribution in [0.3, 0.4) is 0 Å². The summed E-state index contributed by atoms with van der Waals surface area (Å²) in [7, 11) is 0. The van der Waals surface area contributed by atoms with E-state index in [4.69, 9.17) is 0 Å². The molecule has 19 heavy (non-hydrogen) atoms. The maximum absolute atomic E-state index is 11.8. The number of unbranched alkanes of at least 4 members (excludes halogenated alkanes) is 1. The number of aromatic nitrogens is 1. The molecule has 0 saturated heterocycles. The van der Waals surface area contributed by atoms with Crippen molar-refractivity contribution < 1.29 is 4.79 Å². The zero-order chi connectivity index (χ0) is 13.5. The minimum atomic E-state index is 0.0244. The molecule has 0 aliphatic rings. The molecular formula is C17H19NO. The smallest absolute Gasteiger partial charge is 0.187 e. The molecule has 0 spiro atoms. The molecule has 2 heteroatoms. The molecule has 0 fully saturated rings. The molecule has 1 heterocycles. The van der Waals surface area contributed by atoms with Crippen molar-refractivity contribution in [1.82, 2.24) is 4.98 Å². The number of hydrogen-bond donors (Lipinski definition) is 1. The Hall–Kier alpha value is -2.09. The van der Waals surface area contributed by atoms with E-state index in [1.165, 1.54) is 18.4 Å². The second kappa shape index (κ2) is 6.74. The number of aromatic amines is 1. The van der Waals surface area contributed by atoms with E-state index in [-0.39, 0.29) is 5.78 Å². The fraction of sp³-hybridized carbons (Fsp3) is 0.235. The third kappa shape index (κ3) is 3.95. The van der Waals surface area contributed by atoms with Crippen molar-refractivity contribution in [3.05, 3.63) is 65.5 Å². The number of benzene rings is 1. The molecule has 0 atom stereocenters. The van der Waals surface area contributed by atoms with Gasteiger partial charge in [0.2, 0.25) is 0 Å². The summed E-state index contributed by atoms with van der Waals surface area (Å²) in [6.07, 6.45) is 10.5. The summed E-state index contributed by atoms with van der Waals surface area (Å²) in [6, 6.07) is 10.2. The molecule has 0 saturated carbocycles. The largest absolute Gasteiger partial charge is 0.367 e. The van der Waals surface area contributed by atoms with Gasteiger partial charge in [0, 0.05) is 18.0 Å². The monoisotopic (exact) mass is 253 g/mol. The van der Waals surface area contributed by atoms with Gasteiger partial charge in [0.15, 0.2) is 5.78 Å². The van der Waals surface area contributed by atoms with Gasteiger partial charge in [-0.15, -0.1) is 0 Å². The predicted molar refractivity (Wildman–Crippen MR) is 79.2 cm³/mol. The van der Waals surface area contributed by atoms with E-state index in [9.17, 15) is 4.79 Å². The Labute approximate surface area is 114 Å². The third-order valence-electron chi connectivity index (χ3n) is 3.11. The first-order chi connectivity index (χ1) is 9.29. The third-order valence-corrected chi connectivity index (χ3v) is 3.11. The maximum atomic E-state index is 11.8. The van der Waals surface area contributed by atoms with E-state index in [1.54, 1.807) is 24.5 Å². The lowest BCUT2D eigenvalue weighted by atomic mass is 10.1. The van der Waals surface area contributed by atoms with Gasteiger partial charge in [0.1, 0.15) is 0 Å². The minimum Gasteiger partial charge on any atom is -0.367 e. The molecule has 1 aromatic heterocycles. The van der Waals surface area contributed by atoms with E-state index >= 15 is 0 Å². The molecular weight excluding hydrogens is 234 g/mol. The van der Waals surface area contributed by atoms with Crippen molar-refractivity contribution in [2.24, 2.45) is 0 Å². The normalized spacial score (nSPS) is 11.0. The van der Waals surface area contributed by atoms with E-state index in [1.807, 2.05) is 6.08 Å². The number of hydrogen-bond acceptors (Lipinski definition) is 1. The summed E-state index contributed by atoms with van der Waals surface area (Å²) >= 11 is 0. The predicted octanol–water partition coefficient (Wildman–Crippen LogP) is 4.25. The Morgan fingerprint density at radius 2 is 2.00 bits per heavy atom. The lowest BCUT2D eigenvalue weighted by Gasteiger charge is -2.00. The van der Waals surface area contributed by atoms with Crippen molar-refractivity contribution in [3.8, 4) is 0 Å². The molecule has 98 valence electrons. The first-order valence-corrected chi connectivity index (χ1v) is 6.73. The molecule has 2 rings (SSSR count). The van der Waals surface area contributed by atoms with Crippen molar-refractivity contribution in [2.45, 2.75) is 26.2 Å².